The fourth-order valence-electron chi connectivity index (χ4n) is 0.881. The summed E-state index contributed by atoms with van der Waals surface area (Å²) in [7, 11) is 0. The Bertz CT molecular complexity index is 234. The molecule has 0 saturated heterocycles. The van der Waals surface area contributed by atoms with Gasteiger partial charge < -0.3 is 16.0 Å². The zero-order valence-corrected chi connectivity index (χ0v) is 7.86. The van der Waals surface area contributed by atoms with E-state index in [2.05, 4.69) is 10.3 Å². The van der Waals surface area contributed by atoms with Crippen molar-refractivity contribution in [2.75, 3.05) is 6.54 Å². The fraction of sp³-hybridized carbons (Fsp3) is 0.500. The van der Waals surface area contributed by atoms with Gasteiger partial charge in [0.15, 0.2) is 0 Å². The van der Waals surface area contributed by atoms with Gasteiger partial charge in [0.1, 0.15) is 0 Å². The van der Waals surface area contributed by atoms with E-state index in [1.54, 1.807) is 6.20 Å². The summed E-state index contributed by atoms with van der Waals surface area (Å²) in [6.45, 7) is 3.48. The minimum Gasteiger partial charge on any atom is -0.363 e. The van der Waals surface area contributed by atoms with Gasteiger partial charge in [0.2, 0.25) is 0 Å². The Morgan fingerprint density at radius 3 is 3.00 bits per heavy atom. The summed E-state index contributed by atoms with van der Waals surface area (Å²) in [5.74, 6) is 0. The molecule has 68 valence electrons. The Hall–Kier alpha value is -0.510. The number of hydrogen-bond acceptors (Lipinski definition) is 2. The second-order valence-corrected chi connectivity index (χ2v) is 3.30. The lowest BCUT2D eigenvalue weighted by Gasteiger charge is -2.09. The zero-order valence-electron chi connectivity index (χ0n) is 7.10. The highest BCUT2D eigenvalue weighted by Crippen LogP contribution is 2.08. The number of aromatic nitrogens is 1. The Kier molecular flexibility index (Phi) is 3.59. The molecule has 0 fully saturated rings. The lowest BCUT2D eigenvalue weighted by atomic mass is 10.3. The molecule has 0 amide bonds. The van der Waals surface area contributed by atoms with E-state index in [1.165, 1.54) is 0 Å². The number of rotatable bonds is 4. The standard InChI is InChI=1S/C8H14ClN3/c1-6(3-10)11-5-8-2-7(9)4-12-8/h2,4,6,11-12H,3,5,10H2,1H3. The molecule has 0 bridgehead atoms. The van der Waals surface area contributed by atoms with Crippen molar-refractivity contribution in [3.05, 3.63) is 23.0 Å². The predicted octanol–water partition coefficient (Wildman–Crippen LogP) is 1.10. The first-order valence-corrected chi connectivity index (χ1v) is 4.36. The van der Waals surface area contributed by atoms with Crippen molar-refractivity contribution in [1.82, 2.24) is 10.3 Å². The minimum atomic E-state index is 0.340. The lowest BCUT2D eigenvalue weighted by molar-refractivity contribution is 0.552. The molecule has 0 aliphatic heterocycles. The summed E-state index contributed by atoms with van der Waals surface area (Å²) in [6.07, 6.45) is 1.77. The first kappa shape index (κ1) is 9.58. The summed E-state index contributed by atoms with van der Waals surface area (Å²) in [4.78, 5) is 3.05. The smallest absolute Gasteiger partial charge is 0.0583 e. The maximum Gasteiger partial charge on any atom is 0.0583 e. The van der Waals surface area contributed by atoms with Crippen LogP contribution in [0.1, 0.15) is 12.6 Å². The summed E-state index contributed by atoms with van der Waals surface area (Å²) < 4.78 is 0. The molecule has 0 saturated carbocycles. The number of H-pyrrole nitrogens is 1. The highest BCUT2D eigenvalue weighted by molar-refractivity contribution is 6.30. The van der Waals surface area contributed by atoms with E-state index in [9.17, 15) is 0 Å². The van der Waals surface area contributed by atoms with Crippen LogP contribution in [-0.4, -0.2) is 17.6 Å². The molecule has 3 nitrogen and oxygen atoms in total. The number of aromatic amines is 1. The average molecular weight is 188 g/mol. The van der Waals surface area contributed by atoms with Gasteiger partial charge in [-0.3, -0.25) is 0 Å². The molecule has 0 aliphatic rings. The molecule has 4 N–H and O–H groups in total. The van der Waals surface area contributed by atoms with Crippen molar-refractivity contribution >= 4 is 11.6 Å². The third-order valence-corrected chi connectivity index (χ3v) is 1.92. The van der Waals surface area contributed by atoms with Crippen molar-refractivity contribution in [3.8, 4) is 0 Å². The van der Waals surface area contributed by atoms with Crippen molar-refractivity contribution in [2.24, 2.45) is 5.73 Å². The van der Waals surface area contributed by atoms with Crippen LogP contribution in [0.25, 0.3) is 0 Å². The van der Waals surface area contributed by atoms with Crippen LogP contribution >= 0.6 is 11.6 Å². The first-order chi connectivity index (χ1) is 5.72. The first-order valence-electron chi connectivity index (χ1n) is 3.98. The Morgan fingerprint density at radius 1 is 1.75 bits per heavy atom. The van der Waals surface area contributed by atoms with E-state index in [0.717, 1.165) is 17.3 Å². The Morgan fingerprint density at radius 2 is 2.50 bits per heavy atom. The molecule has 0 spiro atoms. The minimum absolute atomic E-state index is 0.340. The number of halogens is 1. The van der Waals surface area contributed by atoms with E-state index < -0.39 is 0 Å². The molecule has 4 heteroatoms. The van der Waals surface area contributed by atoms with Gasteiger partial charge in [-0.1, -0.05) is 11.6 Å². The molecular formula is C8H14ClN3. The van der Waals surface area contributed by atoms with E-state index in [0.29, 0.717) is 12.6 Å². The molecule has 0 aromatic carbocycles. The summed E-state index contributed by atoms with van der Waals surface area (Å²) in [5, 5.41) is 3.99. The maximum absolute atomic E-state index is 5.73. The van der Waals surface area contributed by atoms with Gasteiger partial charge in [-0.2, -0.15) is 0 Å². The van der Waals surface area contributed by atoms with E-state index in [-0.39, 0.29) is 0 Å². The fourth-order valence-corrected chi connectivity index (χ4v) is 1.07. The van der Waals surface area contributed by atoms with Crippen LogP contribution < -0.4 is 11.1 Å². The third-order valence-electron chi connectivity index (χ3n) is 1.70. The number of hydrogen-bond donors (Lipinski definition) is 3. The molecule has 1 unspecified atom stereocenters. The van der Waals surface area contributed by atoms with E-state index >= 15 is 0 Å². The van der Waals surface area contributed by atoms with Gasteiger partial charge in [0.25, 0.3) is 0 Å². The Balaban J connectivity index is 2.33. The molecule has 1 aromatic rings. The molecule has 1 rings (SSSR count). The molecule has 12 heavy (non-hydrogen) atoms. The molecule has 0 radical (unpaired) electrons. The van der Waals surface area contributed by atoms with Crippen LogP contribution in [0.15, 0.2) is 12.3 Å². The molecule has 1 atom stereocenters. The monoisotopic (exact) mass is 187 g/mol. The Labute approximate surface area is 77.3 Å². The van der Waals surface area contributed by atoms with Crippen molar-refractivity contribution in [3.63, 3.8) is 0 Å². The van der Waals surface area contributed by atoms with Crippen molar-refractivity contribution < 1.29 is 0 Å². The van der Waals surface area contributed by atoms with Crippen LogP contribution in [0.3, 0.4) is 0 Å². The summed E-state index contributed by atoms with van der Waals surface area (Å²) in [6, 6.07) is 2.24. The van der Waals surface area contributed by atoms with Crippen LogP contribution in [0.5, 0.6) is 0 Å². The van der Waals surface area contributed by atoms with Crippen LogP contribution in [0.4, 0.5) is 0 Å². The second-order valence-electron chi connectivity index (χ2n) is 2.86. The van der Waals surface area contributed by atoms with Crippen LogP contribution in [0.2, 0.25) is 5.02 Å². The van der Waals surface area contributed by atoms with Gasteiger partial charge in [-0.05, 0) is 13.0 Å². The maximum atomic E-state index is 5.73. The number of nitrogens with one attached hydrogen (secondary N) is 2. The van der Waals surface area contributed by atoms with Gasteiger partial charge in [-0.25, -0.2) is 0 Å². The number of nitrogens with two attached hydrogens (primary N) is 1. The largest absolute Gasteiger partial charge is 0.363 e. The summed E-state index contributed by atoms with van der Waals surface area (Å²) in [5.41, 5.74) is 6.53. The van der Waals surface area contributed by atoms with Gasteiger partial charge in [-0.15, -0.1) is 0 Å². The zero-order chi connectivity index (χ0) is 8.97. The highest BCUT2D eigenvalue weighted by atomic mass is 35.5. The van der Waals surface area contributed by atoms with Gasteiger partial charge >= 0.3 is 0 Å². The lowest BCUT2D eigenvalue weighted by Crippen LogP contribution is -2.32. The quantitative estimate of drug-likeness (QED) is 0.662. The highest BCUT2D eigenvalue weighted by Gasteiger charge is 1.99. The van der Waals surface area contributed by atoms with Gasteiger partial charge in [0.05, 0.1) is 5.02 Å². The average Bonchev–Trinajstić information content (AvgIpc) is 2.47. The summed E-state index contributed by atoms with van der Waals surface area (Å²) >= 11 is 5.73. The van der Waals surface area contributed by atoms with E-state index in [1.807, 2.05) is 13.0 Å². The second kappa shape index (κ2) is 4.50. The molecule has 0 aliphatic carbocycles. The van der Waals surface area contributed by atoms with Crippen LogP contribution in [-0.2, 0) is 6.54 Å². The predicted molar refractivity (Wildman–Crippen MR) is 51.2 cm³/mol. The van der Waals surface area contributed by atoms with Gasteiger partial charge in [0, 0.05) is 31.0 Å². The SMILES string of the molecule is CC(CN)NCc1cc(Cl)c[nH]1. The molecule has 1 aromatic heterocycles. The normalized spacial score (nSPS) is 13.2. The van der Waals surface area contributed by atoms with E-state index in [4.69, 9.17) is 17.3 Å². The topological polar surface area (TPSA) is 53.8 Å². The van der Waals surface area contributed by atoms with Crippen LogP contribution in [0, 0.1) is 0 Å². The van der Waals surface area contributed by atoms with Crippen molar-refractivity contribution in [1.29, 1.82) is 0 Å². The molecule has 1 heterocycles. The third kappa shape index (κ3) is 2.85. The molecular weight excluding hydrogens is 174 g/mol. The van der Waals surface area contributed by atoms with Crippen molar-refractivity contribution in [2.45, 2.75) is 19.5 Å².